The molecular formula is C13H26N2O2. The van der Waals surface area contributed by atoms with Gasteiger partial charge in [0.05, 0.1) is 11.6 Å². The SMILES string of the molecule is CCOC1(C(CC2CCC2)NN)CCOCC1. The van der Waals surface area contributed by atoms with Crippen molar-refractivity contribution in [2.75, 3.05) is 19.8 Å². The zero-order chi connectivity index (χ0) is 12.1. The first-order valence-electron chi connectivity index (χ1n) is 6.98. The van der Waals surface area contributed by atoms with E-state index in [2.05, 4.69) is 12.3 Å². The van der Waals surface area contributed by atoms with E-state index in [1.165, 1.54) is 19.3 Å². The normalized spacial score (nSPS) is 26.5. The molecule has 1 aliphatic carbocycles. The average molecular weight is 242 g/mol. The van der Waals surface area contributed by atoms with Gasteiger partial charge in [0.2, 0.25) is 0 Å². The fourth-order valence-electron chi connectivity index (χ4n) is 3.09. The van der Waals surface area contributed by atoms with Gasteiger partial charge < -0.3 is 9.47 Å². The van der Waals surface area contributed by atoms with Crippen LogP contribution in [0.5, 0.6) is 0 Å². The molecule has 1 atom stereocenters. The van der Waals surface area contributed by atoms with E-state index in [9.17, 15) is 0 Å². The van der Waals surface area contributed by atoms with Crippen molar-refractivity contribution >= 4 is 0 Å². The van der Waals surface area contributed by atoms with Crippen molar-refractivity contribution in [3.8, 4) is 0 Å². The number of hydrogen-bond acceptors (Lipinski definition) is 4. The average Bonchev–Trinajstić information content (AvgIpc) is 2.29. The van der Waals surface area contributed by atoms with Crippen molar-refractivity contribution in [2.45, 2.75) is 57.1 Å². The molecule has 0 aromatic heterocycles. The van der Waals surface area contributed by atoms with E-state index in [0.717, 1.165) is 45.0 Å². The number of nitrogens with one attached hydrogen (secondary N) is 1. The molecule has 1 saturated heterocycles. The largest absolute Gasteiger partial charge is 0.381 e. The number of hydrogen-bond donors (Lipinski definition) is 2. The van der Waals surface area contributed by atoms with E-state index in [0.29, 0.717) is 0 Å². The van der Waals surface area contributed by atoms with E-state index in [-0.39, 0.29) is 11.6 Å². The third-order valence-electron chi connectivity index (χ3n) is 4.40. The summed E-state index contributed by atoms with van der Waals surface area (Å²) in [5.41, 5.74) is 2.92. The fraction of sp³-hybridized carbons (Fsp3) is 1.00. The van der Waals surface area contributed by atoms with Gasteiger partial charge in [-0.2, -0.15) is 0 Å². The van der Waals surface area contributed by atoms with Gasteiger partial charge in [0.25, 0.3) is 0 Å². The summed E-state index contributed by atoms with van der Waals surface area (Å²) in [6.07, 6.45) is 7.17. The predicted octanol–water partition coefficient (Wildman–Crippen LogP) is 1.59. The van der Waals surface area contributed by atoms with Crippen LogP contribution >= 0.6 is 0 Å². The van der Waals surface area contributed by atoms with Crippen LogP contribution in [0.15, 0.2) is 0 Å². The molecule has 1 heterocycles. The van der Waals surface area contributed by atoms with Crippen LogP contribution in [-0.4, -0.2) is 31.5 Å². The Morgan fingerprint density at radius 2 is 2.12 bits per heavy atom. The van der Waals surface area contributed by atoms with Crippen molar-refractivity contribution in [3.63, 3.8) is 0 Å². The zero-order valence-electron chi connectivity index (χ0n) is 10.9. The van der Waals surface area contributed by atoms with Crippen LogP contribution in [0, 0.1) is 5.92 Å². The van der Waals surface area contributed by atoms with Crippen LogP contribution < -0.4 is 11.3 Å². The molecule has 100 valence electrons. The summed E-state index contributed by atoms with van der Waals surface area (Å²) in [7, 11) is 0. The van der Waals surface area contributed by atoms with Crippen molar-refractivity contribution in [2.24, 2.45) is 11.8 Å². The molecule has 17 heavy (non-hydrogen) atoms. The molecule has 0 radical (unpaired) electrons. The fourth-order valence-corrected chi connectivity index (χ4v) is 3.09. The quantitative estimate of drug-likeness (QED) is 0.548. The maximum Gasteiger partial charge on any atom is 0.0891 e. The van der Waals surface area contributed by atoms with Crippen LogP contribution in [0.2, 0.25) is 0 Å². The smallest absolute Gasteiger partial charge is 0.0891 e. The van der Waals surface area contributed by atoms with Gasteiger partial charge in [-0.15, -0.1) is 0 Å². The minimum Gasteiger partial charge on any atom is -0.381 e. The van der Waals surface area contributed by atoms with Gasteiger partial charge >= 0.3 is 0 Å². The third-order valence-corrected chi connectivity index (χ3v) is 4.40. The summed E-state index contributed by atoms with van der Waals surface area (Å²) < 4.78 is 11.5. The summed E-state index contributed by atoms with van der Waals surface area (Å²) >= 11 is 0. The predicted molar refractivity (Wildman–Crippen MR) is 67.5 cm³/mol. The van der Waals surface area contributed by atoms with Gasteiger partial charge in [0.15, 0.2) is 0 Å². The van der Waals surface area contributed by atoms with Crippen molar-refractivity contribution in [1.82, 2.24) is 5.43 Å². The maximum atomic E-state index is 6.07. The van der Waals surface area contributed by atoms with Gasteiger partial charge in [-0.05, 0) is 19.3 Å². The van der Waals surface area contributed by atoms with Crippen LogP contribution in [-0.2, 0) is 9.47 Å². The molecule has 1 unspecified atom stereocenters. The third kappa shape index (κ3) is 2.99. The molecule has 0 aromatic carbocycles. The lowest BCUT2D eigenvalue weighted by molar-refractivity contribution is -0.131. The molecule has 2 aliphatic rings. The second-order valence-corrected chi connectivity index (χ2v) is 5.36. The second-order valence-electron chi connectivity index (χ2n) is 5.36. The molecule has 0 bridgehead atoms. The highest BCUT2D eigenvalue weighted by Gasteiger charge is 2.42. The summed E-state index contributed by atoms with van der Waals surface area (Å²) in [4.78, 5) is 0. The maximum absolute atomic E-state index is 6.07. The Hall–Kier alpha value is -0.160. The van der Waals surface area contributed by atoms with E-state index in [4.69, 9.17) is 15.3 Å². The lowest BCUT2D eigenvalue weighted by Gasteiger charge is -2.44. The minimum atomic E-state index is -0.0999. The van der Waals surface area contributed by atoms with E-state index < -0.39 is 0 Å². The second kappa shape index (κ2) is 6.14. The summed E-state index contributed by atoms with van der Waals surface area (Å²) in [5, 5.41) is 0. The lowest BCUT2D eigenvalue weighted by Crippen LogP contribution is -2.58. The Morgan fingerprint density at radius 3 is 2.59 bits per heavy atom. The van der Waals surface area contributed by atoms with Gasteiger partial charge in [0.1, 0.15) is 0 Å². The van der Waals surface area contributed by atoms with Crippen LogP contribution in [0.1, 0.15) is 45.4 Å². The van der Waals surface area contributed by atoms with Gasteiger partial charge in [-0.3, -0.25) is 11.3 Å². The Morgan fingerprint density at radius 1 is 1.41 bits per heavy atom. The number of hydrazine groups is 1. The van der Waals surface area contributed by atoms with Crippen LogP contribution in [0.25, 0.3) is 0 Å². The molecule has 4 heteroatoms. The minimum absolute atomic E-state index is 0.0999. The van der Waals surface area contributed by atoms with Crippen LogP contribution in [0.4, 0.5) is 0 Å². The highest BCUT2D eigenvalue weighted by atomic mass is 16.5. The lowest BCUT2D eigenvalue weighted by atomic mass is 9.75. The molecule has 2 rings (SSSR count). The molecule has 2 fully saturated rings. The number of ether oxygens (including phenoxy) is 2. The van der Waals surface area contributed by atoms with E-state index >= 15 is 0 Å². The van der Waals surface area contributed by atoms with Gasteiger partial charge in [-0.25, -0.2) is 0 Å². The first kappa shape index (κ1) is 13.3. The first-order valence-corrected chi connectivity index (χ1v) is 6.98. The molecule has 1 aliphatic heterocycles. The Balaban J connectivity index is 1.99. The summed E-state index contributed by atoms with van der Waals surface area (Å²) in [6, 6.07) is 0.275. The van der Waals surface area contributed by atoms with E-state index in [1.54, 1.807) is 0 Å². The molecule has 4 nitrogen and oxygen atoms in total. The highest BCUT2D eigenvalue weighted by Crippen LogP contribution is 2.37. The standard InChI is InChI=1S/C13H26N2O2/c1-2-17-13(6-8-16-9-7-13)12(15-14)10-11-4-3-5-11/h11-12,15H,2-10,14H2,1H3. The zero-order valence-corrected chi connectivity index (χ0v) is 10.9. The van der Waals surface area contributed by atoms with E-state index in [1.807, 2.05) is 0 Å². The number of rotatable bonds is 6. The van der Waals surface area contributed by atoms with Crippen molar-refractivity contribution in [3.05, 3.63) is 0 Å². The monoisotopic (exact) mass is 242 g/mol. The van der Waals surface area contributed by atoms with Gasteiger partial charge in [0, 0.05) is 32.7 Å². The van der Waals surface area contributed by atoms with Gasteiger partial charge in [-0.1, -0.05) is 19.3 Å². The summed E-state index contributed by atoms with van der Waals surface area (Å²) in [6.45, 7) is 4.41. The highest BCUT2D eigenvalue weighted by molar-refractivity contribution is 4.96. The first-order chi connectivity index (χ1) is 8.30. The molecule has 1 saturated carbocycles. The summed E-state index contributed by atoms with van der Waals surface area (Å²) in [5.74, 6) is 6.62. The molecular weight excluding hydrogens is 216 g/mol. The van der Waals surface area contributed by atoms with Crippen molar-refractivity contribution in [1.29, 1.82) is 0 Å². The molecule has 0 spiro atoms. The van der Waals surface area contributed by atoms with Crippen LogP contribution in [0.3, 0.4) is 0 Å². The number of nitrogens with two attached hydrogens (primary N) is 1. The molecule has 3 N–H and O–H groups in total. The Kier molecular flexibility index (Phi) is 4.79. The molecule has 0 amide bonds. The van der Waals surface area contributed by atoms with Crippen molar-refractivity contribution < 1.29 is 9.47 Å². The topological polar surface area (TPSA) is 56.5 Å². The Labute approximate surface area is 104 Å². The Bertz CT molecular complexity index is 220. The molecule has 0 aromatic rings.